The van der Waals surface area contributed by atoms with Gasteiger partial charge in [-0.3, -0.25) is 0 Å². The molecule has 7 heteroatoms. The SMILES string of the molecule is CCSc1ccc(Cc2nc3cc(N=C(N)c4cccs4)ccc3n2CCN(CC)CC)cc1. The highest BCUT2D eigenvalue weighted by Gasteiger charge is 2.13. The van der Waals surface area contributed by atoms with Gasteiger partial charge in [0.05, 0.1) is 21.6 Å². The van der Waals surface area contributed by atoms with Crippen LogP contribution in [0.2, 0.25) is 0 Å². The number of nitrogens with zero attached hydrogens (tertiary/aromatic N) is 4. The fourth-order valence-corrected chi connectivity index (χ4v) is 5.36. The third-order valence-corrected chi connectivity index (χ3v) is 7.75. The number of thiophene rings is 1. The Balaban J connectivity index is 1.66. The van der Waals surface area contributed by atoms with E-state index in [9.17, 15) is 0 Å². The fraction of sp³-hybridized carbons (Fsp3) is 0.333. The lowest BCUT2D eigenvalue weighted by Gasteiger charge is -2.19. The molecule has 0 saturated carbocycles. The van der Waals surface area contributed by atoms with E-state index in [1.807, 2.05) is 41.4 Å². The lowest BCUT2D eigenvalue weighted by atomic mass is 10.1. The maximum Gasteiger partial charge on any atom is 0.141 e. The summed E-state index contributed by atoms with van der Waals surface area (Å²) in [6.45, 7) is 10.6. The molecular weight excluding hydrogens is 458 g/mol. The number of rotatable bonds is 11. The van der Waals surface area contributed by atoms with Gasteiger partial charge >= 0.3 is 0 Å². The lowest BCUT2D eigenvalue weighted by Crippen LogP contribution is -2.27. The average molecular weight is 492 g/mol. The highest BCUT2D eigenvalue weighted by molar-refractivity contribution is 7.99. The van der Waals surface area contributed by atoms with Crippen molar-refractivity contribution in [3.05, 3.63) is 76.2 Å². The topological polar surface area (TPSA) is 59.4 Å². The zero-order valence-corrected chi connectivity index (χ0v) is 21.8. The van der Waals surface area contributed by atoms with Crippen molar-refractivity contribution < 1.29 is 0 Å². The number of fused-ring (bicyclic) bond motifs is 1. The molecule has 0 amide bonds. The Morgan fingerprint density at radius 2 is 1.88 bits per heavy atom. The Morgan fingerprint density at radius 3 is 2.56 bits per heavy atom. The maximum atomic E-state index is 6.23. The minimum absolute atomic E-state index is 0.542. The summed E-state index contributed by atoms with van der Waals surface area (Å²) in [5.74, 6) is 2.72. The van der Waals surface area contributed by atoms with E-state index in [1.165, 1.54) is 10.5 Å². The summed E-state index contributed by atoms with van der Waals surface area (Å²) >= 11 is 3.47. The van der Waals surface area contributed by atoms with E-state index in [-0.39, 0.29) is 0 Å². The Bertz CT molecular complexity index is 1220. The Morgan fingerprint density at radius 1 is 1.09 bits per heavy atom. The van der Waals surface area contributed by atoms with Crippen LogP contribution >= 0.6 is 23.1 Å². The second-order valence-electron chi connectivity index (χ2n) is 8.11. The molecule has 0 spiro atoms. The molecule has 0 bridgehead atoms. The molecule has 0 aliphatic carbocycles. The van der Waals surface area contributed by atoms with Gasteiger partial charge in [0.1, 0.15) is 11.7 Å². The Kier molecular flexibility index (Phi) is 8.43. The fourth-order valence-electron chi connectivity index (χ4n) is 4.07. The summed E-state index contributed by atoms with van der Waals surface area (Å²) in [5.41, 5.74) is 10.4. The second kappa shape index (κ2) is 11.7. The molecule has 0 saturated heterocycles. The van der Waals surface area contributed by atoms with Gasteiger partial charge in [-0.15, -0.1) is 23.1 Å². The third kappa shape index (κ3) is 5.90. The highest BCUT2D eigenvalue weighted by atomic mass is 32.2. The summed E-state index contributed by atoms with van der Waals surface area (Å²) in [7, 11) is 0. The van der Waals surface area contributed by atoms with Crippen molar-refractivity contribution in [3.63, 3.8) is 0 Å². The normalized spacial score (nSPS) is 12.2. The van der Waals surface area contributed by atoms with Crippen molar-refractivity contribution in [2.75, 3.05) is 25.4 Å². The molecule has 0 aliphatic heterocycles. The first-order chi connectivity index (χ1) is 16.6. The van der Waals surface area contributed by atoms with Gasteiger partial charge in [0.2, 0.25) is 0 Å². The van der Waals surface area contributed by atoms with Crippen LogP contribution < -0.4 is 5.73 Å². The van der Waals surface area contributed by atoms with Crippen LogP contribution in [-0.2, 0) is 13.0 Å². The van der Waals surface area contributed by atoms with Crippen LogP contribution in [0.5, 0.6) is 0 Å². The maximum absolute atomic E-state index is 6.23. The number of hydrogen-bond donors (Lipinski definition) is 1. The number of amidine groups is 1. The van der Waals surface area contributed by atoms with Crippen molar-refractivity contribution in [1.82, 2.24) is 14.5 Å². The second-order valence-corrected chi connectivity index (χ2v) is 10.4. The van der Waals surface area contributed by atoms with Gasteiger partial charge in [-0.05, 0) is 66.2 Å². The van der Waals surface area contributed by atoms with Gasteiger partial charge in [0.25, 0.3) is 0 Å². The molecule has 34 heavy (non-hydrogen) atoms. The molecule has 4 aromatic rings. The van der Waals surface area contributed by atoms with E-state index in [4.69, 9.17) is 10.7 Å². The first kappa shape index (κ1) is 24.5. The standard InChI is InChI=1S/C27H33N5S2/c1-4-31(5-2)15-16-32-24-14-11-21(29-27(28)25-8-7-17-34-25)19-23(24)30-26(32)18-20-9-12-22(13-10-20)33-6-3/h7-14,17,19H,4-6,15-16,18H2,1-3H3,(H2,28,29). The van der Waals surface area contributed by atoms with Crippen LogP contribution in [0, 0.1) is 0 Å². The van der Waals surface area contributed by atoms with Gasteiger partial charge in [0.15, 0.2) is 0 Å². The monoisotopic (exact) mass is 491 g/mol. The molecule has 2 aromatic carbocycles. The van der Waals surface area contributed by atoms with Gasteiger partial charge in [-0.25, -0.2) is 9.98 Å². The third-order valence-electron chi connectivity index (χ3n) is 5.96. The van der Waals surface area contributed by atoms with Crippen LogP contribution in [-0.4, -0.2) is 45.7 Å². The quantitative estimate of drug-likeness (QED) is 0.155. The summed E-state index contributed by atoms with van der Waals surface area (Å²) < 4.78 is 2.37. The molecule has 0 aliphatic rings. The molecule has 0 atom stereocenters. The van der Waals surface area contributed by atoms with Crippen LogP contribution in [0.3, 0.4) is 0 Å². The predicted octanol–water partition coefficient (Wildman–Crippen LogP) is 6.18. The molecule has 2 N–H and O–H groups in total. The molecule has 178 valence electrons. The van der Waals surface area contributed by atoms with E-state index < -0.39 is 0 Å². The summed E-state index contributed by atoms with van der Waals surface area (Å²) in [4.78, 5) is 14.5. The van der Waals surface area contributed by atoms with Crippen molar-refractivity contribution in [3.8, 4) is 0 Å². The minimum atomic E-state index is 0.542. The lowest BCUT2D eigenvalue weighted by molar-refractivity contribution is 0.291. The smallest absolute Gasteiger partial charge is 0.141 e. The van der Waals surface area contributed by atoms with Crippen molar-refractivity contribution in [2.45, 2.75) is 38.6 Å². The number of benzene rings is 2. The van der Waals surface area contributed by atoms with Crippen molar-refractivity contribution in [2.24, 2.45) is 10.7 Å². The van der Waals surface area contributed by atoms with Crippen molar-refractivity contribution >= 4 is 45.7 Å². The average Bonchev–Trinajstić information content (AvgIpc) is 3.50. The van der Waals surface area contributed by atoms with Crippen LogP contribution in [0.4, 0.5) is 5.69 Å². The van der Waals surface area contributed by atoms with Crippen LogP contribution in [0.15, 0.2) is 69.9 Å². The molecule has 4 rings (SSSR count). The Hall–Kier alpha value is -2.61. The molecule has 0 unspecified atom stereocenters. The van der Waals surface area contributed by atoms with Crippen LogP contribution in [0.25, 0.3) is 11.0 Å². The number of likely N-dealkylation sites (N-methyl/N-ethyl adjacent to an activating group) is 1. The molecule has 2 aromatic heterocycles. The number of hydrogen-bond acceptors (Lipinski definition) is 5. The number of imidazole rings is 1. The molecular formula is C27H33N5S2. The highest BCUT2D eigenvalue weighted by Crippen LogP contribution is 2.25. The largest absolute Gasteiger partial charge is 0.383 e. The van der Waals surface area contributed by atoms with Crippen LogP contribution in [0.1, 0.15) is 37.0 Å². The van der Waals surface area contributed by atoms with E-state index in [0.29, 0.717) is 5.84 Å². The van der Waals surface area contributed by atoms with Gasteiger partial charge in [0, 0.05) is 24.4 Å². The number of aliphatic imine (C=N–C) groups is 1. The van der Waals surface area contributed by atoms with Gasteiger partial charge < -0.3 is 15.2 Å². The first-order valence-corrected chi connectivity index (χ1v) is 13.8. The summed E-state index contributed by atoms with van der Waals surface area (Å²) in [6, 6.07) is 19.1. The van der Waals surface area contributed by atoms with Crippen molar-refractivity contribution in [1.29, 1.82) is 0 Å². The first-order valence-electron chi connectivity index (χ1n) is 11.9. The molecule has 2 heterocycles. The number of aromatic nitrogens is 2. The molecule has 0 fully saturated rings. The van der Waals surface area contributed by atoms with E-state index >= 15 is 0 Å². The molecule has 5 nitrogen and oxygen atoms in total. The number of nitrogens with two attached hydrogens (primary N) is 1. The Labute approximate surface area is 210 Å². The van der Waals surface area contributed by atoms with E-state index in [1.54, 1.807) is 11.3 Å². The summed E-state index contributed by atoms with van der Waals surface area (Å²) in [5, 5.41) is 2.01. The molecule has 0 radical (unpaired) electrons. The minimum Gasteiger partial charge on any atom is -0.383 e. The van der Waals surface area contributed by atoms with E-state index in [2.05, 4.69) is 65.6 Å². The van der Waals surface area contributed by atoms with Gasteiger partial charge in [-0.1, -0.05) is 39.0 Å². The van der Waals surface area contributed by atoms with E-state index in [0.717, 1.165) is 65.8 Å². The zero-order valence-electron chi connectivity index (χ0n) is 20.2. The van der Waals surface area contributed by atoms with Gasteiger partial charge in [-0.2, -0.15) is 0 Å². The predicted molar refractivity (Wildman–Crippen MR) is 148 cm³/mol. The zero-order chi connectivity index (χ0) is 23.9. The number of thioether (sulfide) groups is 1. The summed E-state index contributed by atoms with van der Waals surface area (Å²) in [6.07, 6.45) is 0.805.